The average Bonchev–Trinajstić information content (AvgIpc) is 2.21. The number of rotatable bonds is 8. The zero-order chi connectivity index (χ0) is 10.6. The number of hydrogen-bond acceptors (Lipinski definition) is 2. The molecule has 0 spiro atoms. The Kier molecular flexibility index (Phi) is 10.8. The fourth-order valence-electron chi connectivity index (χ4n) is 0.992. The molecule has 2 unspecified atom stereocenters. The first-order valence-electron chi connectivity index (χ1n) is 5.11. The maximum Gasteiger partial charge on any atom is 0.0766 e. The lowest BCUT2D eigenvalue weighted by atomic mass is 10.2. The van der Waals surface area contributed by atoms with E-state index in [0.717, 1.165) is 25.7 Å². The zero-order valence-electron chi connectivity index (χ0n) is 8.86. The van der Waals surface area contributed by atoms with E-state index in [1.165, 1.54) is 0 Å². The molecule has 0 aliphatic carbocycles. The predicted molar refractivity (Wildman–Crippen MR) is 64.1 cm³/mol. The van der Waals surface area contributed by atoms with Crippen molar-refractivity contribution in [1.82, 2.24) is 0 Å². The highest BCUT2D eigenvalue weighted by molar-refractivity contribution is 7.09. The summed E-state index contributed by atoms with van der Waals surface area (Å²) in [5, 5.41) is 8.55. The van der Waals surface area contributed by atoms with Crippen molar-refractivity contribution < 1.29 is 9.63 Å². The predicted octanol–water partition coefficient (Wildman–Crippen LogP) is 2.85. The summed E-state index contributed by atoms with van der Waals surface area (Å²) in [7, 11) is 2.25. The molecule has 0 bridgehead atoms. The number of unbranched alkanes of at least 4 members (excludes halogenated alkanes) is 3. The molecule has 1 N–H and O–H groups in total. The Labute approximate surface area is 89.3 Å². The van der Waals surface area contributed by atoms with Crippen LogP contribution >= 0.6 is 9.47 Å². The van der Waals surface area contributed by atoms with Crippen LogP contribution in [0.1, 0.15) is 32.6 Å². The molecule has 0 radical (unpaired) electrons. The molecular formula is C11H21O2P. The van der Waals surface area contributed by atoms with Gasteiger partial charge in [0.05, 0.1) is 6.10 Å². The van der Waals surface area contributed by atoms with Crippen molar-refractivity contribution in [3.05, 3.63) is 24.3 Å². The van der Waals surface area contributed by atoms with Crippen molar-refractivity contribution >= 4 is 9.47 Å². The van der Waals surface area contributed by atoms with Gasteiger partial charge in [-0.2, -0.15) is 0 Å². The minimum atomic E-state index is 0.152. The highest BCUT2D eigenvalue weighted by atomic mass is 31.0. The monoisotopic (exact) mass is 216 g/mol. The fourth-order valence-corrected chi connectivity index (χ4v) is 1.08. The van der Waals surface area contributed by atoms with Gasteiger partial charge in [-0.05, 0) is 26.2 Å². The maximum atomic E-state index is 8.55. The summed E-state index contributed by atoms with van der Waals surface area (Å²) in [6.45, 7) is 2.30. The van der Waals surface area contributed by atoms with Crippen LogP contribution in [0.3, 0.4) is 0 Å². The summed E-state index contributed by atoms with van der Waals surface area (Å²) in [5.41, 5.74) is 0. The van der Waals surface area contributed by atoms with Gasteiger partial charge < -0.3 is 9.63 Å². The Morgan fingerprint density at radius 3 is 2.71 bits per heavy atom. The zero-order valence-corrected chi connectivity index (χ0v) is 10.0. The van der Waals surface area contributed by atoms with E-state index in [2.05, 4.69) is 15.5 Å². The van der Waals surface area contributed by atoms with Crippen LogP contribution in [-0.4, -0.2) is 17.8 Å². The fraction of sp³-hybridized carbons (Fsp3) is 0.636. The molecule has 0 amide bonds. The van der Waals surface area contributed by atoms with Gasteiger partial charge in [-0.15, -0.1) is 0 Å². The third-order valence-corrected chi connectivity index (χ3v) is 2.30. The second kappa shape index (κ2) is 10.9. The number of allylic oxidation sites excluding steroid dienone is 3. The smallest absolute Gasteiger partial charge is 0.0766 e. The van der Waals surface area contributed by atoms with Gasteiger partial charge in [0, 0.05) is 16.1 Å². The van der Waals surface area contributed by atoms with Crippen LogP contribution in [0.4, 0.5) is 0 Å². The Balaban J connectivity index is 3.31. The molecule has 0 saturated carbocycles. The van der Waals surface area contributed by atoms with Crippen molar-refractivity contribution in [2.75, 3.05) is 6.61 Å². The molecule has 2 atom stereocenters. The standard InChI is InChI=1S/C11H21O2P/c1-11(13-14)9-7-5-3-2-4-6-8-10-12/h3,5,7,9,11-12H,2,4,6,8,10,14H2,1H3/b5-3+,9-7+. The lowest BCUT2D eigenvalue weighted by Crippen LogP contribution is -1.93. The van der Waals surface area contributed by atoms with Crippen molar-refractivity contribution in [1.29, 1.82) is 0 Å². The van der Waals surface area contributed by atoms with Gasteiger partial charge in [-0.3, -0.25) is 0 Å². The Bertz CT molecular complexity index is 167. The van der Waals surface area contributed by atoms with Crippen molar-refractivity contribution in [2.45, 2.75) is 38.7 Å². The third kappa shape index (κ3) is 9.91. The van der Waals surface area contributed by atoms with Gasteiger partial charge in [0.25, 0.3) is 0 Å². The lowest BCUT2D eigenvalue weighted by molar-refractivity contribution is 0.283. The molecule has 0 fully saturated rings. The highest BCUT2D eigenvalue weighted by Gasteiger charge is 1.87. The molecule has 82 valence electrons. The van der Waals surface area contributed by atoms with Crippen LogP contribution in [0.25, 0.3) is 0 Å². The lowest BCUT2D eigenvalue weighted by Gasteiger charge is -1.99. The van der Waals surface area contributed by atoms with Crippen LogP contribution in [0, 0.1) is 0 Å². The summed E-state index contributed by atoms with van der Waals surface area (Å²) in [5.74, 6) is 0. The van der Waals surface area contributed by atoms with Gasteiger partial charge in [0.2, 0.25) is 0 Å². The molecule has 0 aromatic carbocycles. The van der Waals surface area contributed by atoms with Crippen LogP contribution in [0.2, 0.25) is 0 Å². The van der Waals surface area contributed by atoms with Crippen LogP contribution < -0.4 is 0 Å². The number of aliphatic hydroxyl groups excluding tert-OH is 1. The maximum absolute atomic E-state index is 8.55. The van der Waals surface area contributed by atoms with E-state index in [4.69, 9.17) is 9.63 Å². The van der Waals surface area contributed by atoms with E-state index in [0.29, 0.717) is 6.61 Å². The molecule has 0 aromatic rings. The topological polar surface area (TPSA) is 29.5 Å². The van der Waals surface area contributed by atoms with Gasteiger partial charge in [-0.25, -0.2) is 0 Å². The van der Waals surface area contributed by atoms with E-state index in [-0.39, 0.29) is 6.10 Å². The molecule has 0 saturated heterocycles. The van der Waals surface area contributed by atoms with Gasteiger partial charge >= 0.3 is 0 Å². The van der Waals surface area contributed by atoms with Crippen molar-refractivity contribution in [2.24, 2.45) is 0 Å². The van der Waals surface area contributed by atoms with E-state index >= 15 is 0 Å². The molecule has 0 aromatic heterocycles. The molecule has 14 heavy (non-hydrogen) atoms. The van der Waals surface area contributed by atoms with Crippen LogP contribution in [0.5, 0.6) is 0 Å². The molecule has 0 aliphatic heterocycles. The first kappa shape index (κ1) is 13.8. The summed E-state index contributed by atoms with van der Waals surface area (Å²) < 4.78 is 4.98. The van der Waals surface area contributed by atoms with Gasteiger partial charge in [0.15, 0.2) is 0 Å². The minimum Gasteiger partial charge on any atom is -0.396 e. The normalized spacial score (nSPS) is 14.2. The quantitative estimate of drug-likeness (QED) is 0.384. The van der Waals surface area contributed by atoms with Gasteiger partial charge in [0.1, 0.15) is 0 Å². The highest BCUT2D eigenvalue weighted by Crippen LogP contribution is 2.01. The Morgan fingerprint density at radius 1 is 1.29 bits per heavy atom. The molecule has 0 aliphatic rings. The summed E-state index contributed by atoms with van der Waals surface area (Å²) in [6, 6.07) is 0. The van der Waals surface area contributed by atoms with Crippen molar-refractivity contribution in [3.8, 4) is 0 Å². The number of aliphatic hydroxyl groups is 1. The second-order valence-corrected chi connectivity index (χ2v) is 3.50. The second-order valence-electron chi connectivity index (χ2n) is 3.23. The summed E-state index contributed by atoms with van der Waals surface area (Å²) in [4.78, 5) is 0. The third-order valence-electron chi connectivity index (χ3n) is 1.87. The minimum absolute atomic E-state index is 0.152. The molecule has 3 heteroatoms. The van der Waals surface area contributed by atoms with Crippen LogP contribution in [-0.2, 0) is 4.52 Å². The SMILES string of the molecule is CC(/C=C/C=C/CCCCCO)OP. The largest absolute Gasteiger partial charge is 0.396 e. The van der Waals surface area contributed by atoms with Gasteiger partial charge in [-0.1, -0.05) is 30.7 Å². The van der Waals surface area contributed by atoms with E-state index in [1.54, 1.807) is 0 Å². The van der Waals surface area contributed by atoms with E-state index in [9.17, 15) is 0 Å². The number of hydrogen-bond donors (Lipinski definition) is 1. The first-order chi connectivity index (χ1) is 6.81. The average molecular weight is 216 g/mol. The molecule has 0 heterocycles. The Morgan fingerprint density at radius 2 is 2.07 bits per heavy atom. The molecular weight excluding hydrogens is 195 g/mol. The Hall–Kier alpha value is -0.170. The summed E-state index contributed by atoms with van der Waals surface area (Å²) in [6.07, 6.45) is 12.6. The summed E-state index contributed by atoms with van der Waals surface area (Å²) >= 11 is 0. The molecule has 2 nitrogen and oxygen atoms in total. The van der Waals surface area contributed by atoms with E-state index < -0.39 is 0 Å². The first-order valence-corrected chi connectivity index (χ1v) is 5.58. The molecule has 0 rings (SSSR count). The van der Waals surface area contributed by atoms with E-state index in [1.807, 2.05) is 25.2 Å². The van der Waals surface area contributed by atoms with Crippen molar-refractivity contribution in [3.63, 3.8) is 0 Å². The van der Waals surface area contributed by atoms with Crippen LogP contribution in [0.15, 0.2) is 24.3 Å².